The number of nitrogens with one attached hydrogen (secondary N) is 1. The highest BCUT2D eigenvalue weighted by Gasteiger charge is 2.18. The molecule has 150 valence electrons. The number of carbonyl (C=O) groups excluding carboxylic acids is 1. The Morgan fingerprint density at radius 1 is 0.793 bits per heavy atom. The summed E-state index contributed by atoms with van der Waals surface area (Å²) in [5.74, 6) is 1.73. The predicted molar refractivity (Wildman–Crippen MR) is 111 cm³/mol. The third kappa shape index (κ3) is 4.99. The molecule has 0 aliphatic carbocycles. The Hall–Kier alpha value is -3.67. The highest BCUT2D eigenvalue weighted by atomic mass is 16.5. The first-order valence-electron chi connectivity index (χ1n) is 9.02. The molecule has 3 aromatic rings. The maximum absolute atomic E-state index is 12.7. The SMILES string of the molecule is COc1cc(OC)c(C(=O)Nc2ccc(OCc3ccccc3)cc2)cc1OC. The van der Waals surface area contributed by atoms with Gasteiger partial charge in [-0.25, -0.2) is 0 Å². The molecule has 6 heteroatoms. The van der Waals surface area contributed by atoms with E-state index in [1.54, 1.807) is 24.3 Å². The Kier molecular flexibility index (Phi) is 6.58. The lowest BCUT2D eigenvalue weighted by Gasteiger charge is -2.14. The fourth-order valence-corrected chi connectivity index (χ4v) is 2.78. The average Bonchev–Trinajstić information content (AvgIpc) is 2.78. The van der Waals surface area contributed by atoms with Gasteiger partial charge in [0.2, 0.25) is 0 Å². The molecule has 0 heterocycles. The predicted octanol–water partition coefficient (Wildman–Crippen LogP) is 4.54. The van der Waals surface area contributed by atoms with Crippen LogP contribution in [0.4, 0.5) is 5.69 Å². The third-order valence-electron chi connectivity index (χ3n) is 4.31. The number of carbonyl (C=O) groups is 1. The van der Waals surface area contributed by atoms with Crippen molar-refractivity contribution in [2.45, 2.75) is 6.61 Å². The van der Waals surface area contributed by atoms with E-state index in [2.05, 4.69) is 5.32 Å². The molecule has 0 radical (unpaired) electrons. The molecule has 0 spiro atoms. The Bertz CT molecular complexity index is 955. The van der Waals surface area contributed by atoms with E-state index < -0.39 is 0 Å². The third-order valence-corrected chi connectivity index (χ3v) is 4.31. The van der Waals surface area contributed by atoms with Gasteiger partial charge in [0, 0.05) is 17.8 Å². The van der Waals surface area contributed by atoms with Crippen LogP contribution in [0.2, 0.25) is 0 Å². The minimum Gasteiger partial charge on any atom is -0.496 e. The van der Waals surface area contributed by atoms with Crippen molar-refractivity contribution in [1.29, 1.82) is 0 Å². The standard InChI is InChI=1S/C23H23NO5/c1-26-20-14-22(28-3)21(27-2)13-19(20)23(25)24-17-9-11-18(12-10-17)29-15-16-7-5-4-6-8-16/h4-14H,15H2,1-3H3,(H,24,25). The van der Waals surface area contributed by atoms with E-state index in [1.165, 1.54) is 21.3 Å². The van der Waals surface area contributed by atoms with Crippen LogP contribution in [0.5, 0.6) is 23.0 Å². The zero-order valence-corrected chi connectivity index (χ0v) is 16.6. The van der Waals surface area contributed by atoms with Gasteiger partial charge in [-0.15, -0.1) is 0 Å². The maximum atomic E-state index is 12.7. The maximum Gasteiger partial charge on any atom is 0.259 e. The largest absolute Gasteiger partial charge is 0.496 e. The number of benzene rings is 3. The molecule has 0 aromatic heterocycles. The van der Waals surface area contributed by atoms with Crippen molar-refractivity contribution in [2.24, 2.45) is 0 Å². The minimum atomic E-state index is -0.319. The molecule has 0 aliphatic rings. The van der Waals surface area contributed by atoms with E-state index in [-0.39, 0.29) is 5.91 Å². The molecule has 0 fully saturated rings. The van der Waals surface area contributed by atoms with Gasteiger partial charge in [-0.2, -0.15) is 0 Å². The van der Waals surface area contributed by atoms with E-state index in [4.69, 9.17) is 18.9 Å². The van der Waals surface area contributed by atoms with Crippen LogP contribution < -0.4 is 24.3 Å². The van der Waals surface area contributed by atoms with Gasteiger partial charge in [0.1, 0.15) is 18.1 Å². The Balaban J connectivity index is 1.69. The van der Waals surface area contributed by atoms with Gasteiger partial charge in [0.05, 0.1) is 26.9 Å². The molecule has 0 unspecified atom stereocenters. The zero-order chi connectivity index (χ0) is 20.6. The number of methoxy groups -OCH3 is 3. The van der Waals surface area contributed by atoms with E-state index in [0.717, 1.165) is 11.3 Å². The topological polar surface area (TPSA) is 66.0 Å². The highest BCUT2D eigenvalue weighted by molar-refractivity contribution is 6.06. The number of amides is 1. The monoisotopic (exact) mass is 393 g/mol. The lowest BCUT2D eigenvalue weighted by atomic mass is 10.1. The van der Waals surface area contributed by atoms with Crippen molar-refractivity contribution in [3.05, 3.63) is 77.9 Å². The second-order valence-corrected chi connectivity index (χ2v) is 6.16. The molecule has 3 rings (SSSR count). The molecule has 29 heavy (non-hydrogen) atoms. The van der Waals surface area contributed by atoms with Crippen LogP contribution in [0, 0.1) is 0 Å². The van der Waals surface area contributed by atoms with Gasteiger partial charge in [-0.05, 0) is 29.8 Å². The van der Waals surface area contributed by atoms with Gasteiger partial charge in [0.25, 0.3) is 5.91 Å². The molecule has 0 saturated heterocycles. The molecule has 0 bridgehead atoms. The summed E-state index contributed by atoms with van der Waals surface area (Å²) in [5, 5.41) is 2.85. The van der Waals surface area contributed by atoms with Crippen molar-refractivity contribution < 1.29 is 23.7 Å². The van der Waals surface area contributed by atoms with Crippen LogP contribution in [-0.4, -0.2) is 27.2 Å². The van der Waals surface area contributed by atoms with Crippen LogP contribution in [0.3, 0.4) is 0 Å². The number of anilines is 1. The van der Waals surface area contributed by atoms with Crippen molar-refractivity contribution in [1.82, 2.24) is 0 Å². The van der Waals surface area contributed by atoms with E-state index in [9.17, 15) is 4.79 Å². The van der Waals surface area contributed by atoms with Crippen molar-refractivity contribution >= 4 is 11.6 Å². The minimum absolute atomic E-state index is 0.319. The van der Waals surface area contributed by atoms with E-state index in [1.807, 2.05) is 42.5 Å². The van der Waals surface area contributed by atoms with Crippen molar-refractivity contribution in [3.8, 4) is 23.0 Å². The summed E-state index contributed by atoms with van der Waals surface area (Å²) in [5.41, 5.74) is 2.07. The summed E-state index contributed by atoms with van der Waals surface area (Å²) >= 11 is 0. The van der Waals surface area contributed by atoms with Gasteiger partial charge in [-0.1, -0.05) is 30.3 Å². The Morgan fingerprint density at radius 2 is 1.41 bits per heavy atom. The fraction of sp³-hybridized carbons (Fsp3) is 0.174. The molecule has 6 nitrogen and oxygen atoms in total. The summed E-state index contributed by atoms with van der Waals surface area (Å²) in [6.45, 7) is 0.482. The molecule has 0 saturated carbocycles. The normalized spacial score (nSPS) is 10.2. The number of hydrogen-bond acceptors (Lipinski definition) is 5. The Morgan fingerprint density at radius 3 is 2.03 bits per heavy atom. The highest BCUT2D eigenvalue weighted by Crippen LogP contribution is 2.35. The quantitative estimate of drug-likeness (QED) is 0.608. The summed E-state index contributed by atoms with van der Waals surface area (Å²) in [7, 11) is 4.54. The summed E-state index contributed by atoms with van der Waals surface area (Å²) < 4.78 is 21.6. The van der Waals surface area contributed by atoms with Crippen LogP contribution >= 0.6 is 0 Å². The molecule has 0 atom stereocenters. The molecule has 3 aromatic carbocycles. The van der Waals surface area contributed by atoms with Crippen molar-refractivity contribution in [3.63, 3.8) is 0 Å². The number of rotatable bonds is 8. The molecule has 1 amide bonds. The number of ether oxygens (including phenoxy) is 4. The summed E-state index contributed by atoms with van der Waals surface area (Å²) in [4.78, 5) is 12.7. The Labute approximate surface area is 170 Å². The van der Waals surface area contributed by atoms with Crippen molar-refractivity contribution in [2.75, 3.05) is 26.6 Å². The van der Waals surface area contributed by atoms with Crippen LogP contribution in [0.15, 0.2) is 66.7 Å². The second kappa shape index (κ2) is 9.50. The second-order valence-electron chi connectivity index (χ2n) is 6.16. The van der Waals surface area contributed by atoms with Crippen LogP contribution in [0.1, 0.15) is 15.9 Å². The smallest absolute Gasteiger partial charge is 0.259 e. The fourth-order valence-electron chi connectivity index (χ4n) is 2.78. The van der Waals surface area contributed by atoms with Gasteiger partial charge in [0.15, 0.2) is 11.5 Å². The van der Waals surface area contributed by atoms with E-state index >= 15 is 0 Å². The summed E-state index contributed by atoms with van der Waals surface area (Å²) in [6, 6.07) is 20.3. The lowest BCUT2D eigenvalue weighted by molar-refractivity contribution is 0.102. The van der Waals surface area contributed by atoms with Gasteiger partial charge in [-0.3, -0.25) is 4.79 Å². The van der Waals surface area contributed by atoms with Gasteiger partial charge < -0.3 is 24.3 Å². The van der Waals surface area contributed by atoms with Crippen LogP contribution in [-0.2, 0) is 6.61 Å². The molecule has 1 N–H and O–H groups in total. The first kappa shape index (κ1) is 20.1. The average molecular weight is 393 g/mol. The first-order valence-corrected chi connectivity index (χ1v) is 9.02. The molecular formula is C23H23NO5. The first-order chi connectivity index (χ1) is 14.1. The molecule has 0 aliphatic heterocycles. The summed E-state index contributed by atoms with van der Waals surface area (Å²) in [6.07, 6.45) is 0. The van der Waals surface area contributed by atoms with Crippen LogP contribution in [0.25, 0.3) is 0 Å². The zero-order valence-electron chi connectivity index (χ0n) is 16.6. The van der Waals surface area contributed by atoms with Gasteiger partial charge >= 0.3 is 0 Å². The molecular weight excluding hydrogens is 370 g/mol. The van der Waals surface area contributed by atoms with E-state index in [0.29, 0.717) is 35.1 Å². The number of hydrogen-bond donors (Lipinski definition) is 1. The lowest BCUT2D eigenvalue weighted by Crippen LogP contribution is -2.13.